The van der Waals surface area contributed by atoms with E-state index in [1.807, 2.05) is 6.92 Å². The van der Waals surface area contributed by atoms with Crippen molar-refractivity contribution < 1.29 is 5.11 Å². The lowest BCUT2D eigenvalue weighted by molar-refractivity contribution is 0.121. The van der Waals surface area contributed by atoms with Crippen LogP contribution in [0.15, 0.2) is 11.4 Å². The Hall–Kier alpha value is -1.20. The molecule has 0 bridgehead atoms. The molecule has 20 heavy (non-hydrogen) atoms. The van der Waals surface area contributed by atoms with Crippen molar-refractivity contribution in [2.75, 3.05) is 24.6 Å². The number of hydrogen-bond acceptors (Lipinski definition) is 5. The summed E-state index contributed by atoms with van der Waals surface area (Å²) >= 11 is 1.71. The maximum atomic E-state index is 9.86. The minimum Gasteiger partial charge on any atom is -0.396 e. The van der Waals surface area contributed by atoms with E-state index in [2.05, 4.69) is 21.3 Å². The number of anilines is 1. The third-order valence-electron chi connectivity index (χ3n) is 5.05. The second-order valence-electron chi connectivity index (χ2n) is 6.22. The van der Waals surface area contributed by atoms with E-state index < -0.39 is 0 Å². The lowest BCUT2D eigenvalue weighted by atomic mass is 9.82. The number of hydrogen-bond donors (Lipinski definition) is 1. The molecule has 0 unspecified atom stereocenters. The Labute approximate surface area is 122 Å². The van der Waals surface area contributed by atoms with E-state index in [9.17, 15) is 5.11 Å². The molecule has 1 N–H and O–H groups in total. The van der Waals surface area contributed by atoms with Crippen LogP contribution in [0.4, 0.5) is 5.82 Å². The topological polar surface area (TPSA) is 49.2 Å². The van der Waals surface area contributed by atoms with Gasteiger partial charge in [-0.05, 0) is 37.1 Å². The second-order valence-corrected chi connectivity index (χ2v) is 7.14. The van der Waals surface area contributed by atoms with E-state index in [1.54, 1.807) is 11.3 Å². The normalized spacial score (nSPS) is 29.3. The maximum Gasteiger partial charge on any atom is 0.150 e. The first-order chi connectivity index (χ1) is 9.72. The molecule has 2 atom stereocenters. The zero-order valence-corrected chi connectivity index (χ0v) is 12.5. The Morgan fingerprint density at radius 1 is 1.50 bits per heavy atom. The Bertz CT molecular complexity index is 656. The van der Waals surface area contributed by atoms with Crippen LogP contribution in [0, 0.1) is 18.3 Å². The SMILES string of the molecule is Cc1nc(N2C[C@H]3CCC[C@@]3(CO)C2)c2sccc2n1. The Kier molecular flexibility index (Phi) is 2.76. The van der Waals surface area contributed by atoms with Crippen LogP contribution in [0.1, 0.15) is 25.1 Å². The van der Waals surface area contributed by atoms with Gasteiger partial charge in [0, 0.05) is 18.5 Å². The molecular formula is C15H19N3OS. The molecule has 2 fully saturated rings. The van der Waals surface area contributed by atoms with Crippen LogP contribution in [0.5, 0.6) is 0 Å². The lowest BCUT2D eigenvalue weighted by Gasteiger charge is -2.26. The molecule has 2 aliphatic rings. The minimum atomic E-state index is 0.114. The van der Waals surface area contributed by atoms with E-state index in [-0.39, 0.29) is 5.41 Å². The molecule has 0 spiro atoms. The molecule has 0 aromatic carbocycles. The van der Waals surface area contributed by atoms with Crippen LogP contribution >= 0.6 is 11.3 Å². The molecule has 4 rings (SSSR count). The molecule has 1 saturated heterocycles. The van der Waals surface area contributed by atoms with Crippen molar-refractivity contribution in [1.82, 2.24) is 9.97 Å². The number of rotatable bonds is 2. The van der Waals surface area contributed by atoms with Crippen molar-refractivity contribution in [3.63, 3.8) is 0 Å². The molecule has 1 saturated carbocycles. The third kappa shape index (κ3) is 1.69. The van der Waals surface area contributed by atoms with Crippen molar-refractivity contribution in [3.8, 4) is 0 Å². The summed E-state index contributed by atoms with van der Waals surface area (Å²) in [5.74, 6) is 2.53. The number of aryl methyl sites for hydroxylation is 1. The zero-order chi connectivity index (χ0) is 13.7. The average Bonchev–Trinajstić information content (AvgIpc) is 3.10. The third-order valence-corrected chi connectivity index (χ3v) is 5.95. The van der Waals surface area contributed by atoms with Crippen LogP contribution < -0.4 is 4.90 Å². The molecule has 106 valence electrons. The first kappa shape index (κ1) is 12.5. The summed E-state index contributed by atoms with van der Waals surface area (Å²) < 4.78 is 1.18. The monoisotopic (exact) mass is 289 g/mol. The molecular weight excluding hydrogens is 270 g/mol. The zero-order valence-electron chi connectivity index (χ0n) is 11.7. The Morgan fingerprint density at radius 2 is 2.40 bits per heavy atom. The smallest absolute Gasteiger partial charge is 0.150 e. The van der Waals surface area contributed by atoms with Crippen molar-refractivity contribution in [3.05, 3.63) is 17.3 Å². The predicted molar refractivity (Wildman–Crippen MR) is 81.2 cm³/mol. The molecule has 1 aliphatic carbocycles. The number of aromatic nitrogens is 2. The van der Waals surface area contributed by atoms with E-state index in [0.29, 0.717) is 12.5 Å². The van der Waals surface area contributed by atoms with Crippen molar-refractivity contribution in [1.29, 1.82) is 0 Å². The van der Waals surface area contributed by atoms with Gasteiger partial charge < -0.3 is 10.0 Å². The fourth-order valence-corrected chi connectivity index (χ4v) is 4.86. The average molecular weight is 289 g/mol. The summed E-state index contributed by atoms with van der Waals surface area (Å²) in [6.45, 7) is 4.24. The highest BCUT2D eigenvalue weighted by Gasteiger charge is 2.49. The molecule has 2 aromatic heterocycles. The first-order valence-electron chi connectivity index (χ1n) is 7.29. The molecule has 2 aromatic rings. The summed E-state index contributed by atoms with van der Waals surface area (Å²) in [4.78, 5) is 11.6. The molecule has 3 heterocycles. The fourth-order valence-electron chi connectivity index (χ4n) is 4.01. The molecule has 4 nitrogen and oxygen atoms in total. The summed E-state index contributed by atoms with van der Waals surface area (Å²) in [6.07, 6.45) is 3.66. The van der Waals surface area contributed by atoms with Gasteiger partial charge in [-0.3, -0.25) is 0 Å². The number of thiophene rings is 1. The number of aliphatic hydroxyl groups excluding tert-OH is 1. The molecule has 0 radical (unpaired) electrons. The lowest BCUT2D eigenvalue weighted by Crippen LogP contribution is -2.31. The summed E-state index contributed by atoms with van der Waals surface area (Å²) in [7, 11) is 0. The van der Waals surface area contributed by atoms with Gasteiger partial charge >= 0.3 is 0 Å². The van der Waals surface area contributed by atoms with Gasteiger partial charge in [0.05, 0.1) is 16.8 Å². The van der Waals surface area contributed by atoms with Gasteiger partial charge in [0.15, 0.2) is 0 Å². The van der Waals surface area contributed by atoms with Gasteiger partial charge in [-0.2, -0.15) is 0 Å². The van der Waals surface area contributed by atoms with Crippen LogP contribution in [0.25, 0.3) is 10.2 Å². The van der Waals surface area contributed by atoms with Crippen LogP contribution in [0.3, 0.4) is 0 Å². The second kappa shape index (κ2) is 4.40. The first-order valence-corrected chi connectivity index (χ1v) is 8.17. The number of aliphatic hydroxyl groups is 1. The Balaban J connectivity index is 1.76. The molecule has 5 heteroatoms. The predicted octanol–water partition coefficient (Wildman–Crippen LogP) is 2.60. The highest BCUT2D eigenvalue weighted by atomic mass is 32.1. The van der Waals surface area contributed by atoms with Crippen LogP contribution in [0.2, 0.25) is 0 Å². The van der Waals surface area contributed by atoms with Gasteiger partial charge in [-0.25, -0.2) is 9.97 Å². The van der Waals surface area contributed by atoms with Gasteiger partial charge in [0.1, 0.15) is 11.6 Å². The van der Waals surface area contributed by atoms with E-state index in [4.69, 9.17) is 4.98 Å². The van der Waals surface area contributed by atoms with E-state index >= 15 is 0 Å². The Morgan fingerprint density at radius 3 is 3.20 bits per heavy atom. The van der Waals surface area contributed by atoms with Gasteiger partial charge in [-0.1, -0.05) is 6.42 Å². The molecule has 0 amide bonds. The summed E-state index contributed by atoms with van der Waals surface area (Å²) in [5.41, 5.74) is 1.16. The standard InChI is InChI=1S/C15H19N3OS/c1-10-16-12-4-6-20-13(12)14(17-10)18-7-11-3-2-5-15(11,8-18)9-19/h4,6,11,19H,2-3,5,7-9H2,1H3/t11-,15+/m1/s1. The van der Waals surface area contributed by atoms with Gasteiger partial charge in [0.25, 0.3) is 0 Å². The van der Waals surface area contributed by atoms with Crippen LogP contribution in [-0.2, 0) is 0 Å². The van der Waals surface area contributed by atoms with Crippen molar-refractivity contribution in [2.24, 2.45) is 11.3 Å². The van der Waals surface area contributed by atoms with E-state index in [1.165, 1.54) is 17.5 Å². The van der Waals surface area contributed by atoms with Gasteiger partial charge in [0.2, 0.25) is 0 Å². The maximum absolute atomic E-state index is 9.86. The quantitative estimate of drug-likeness (QED) is 0.923. The highest BCUT2D eigenvalue weighted by Crippen LogP contribution is 2.49. The molecule has 1 aliphatic heterocycles. The number of fused-ring (bicyclic) bond motifs is 2. The van der Waals surface area contributed by atoms with Crippen molar-refractivity contribution in [2.45, 2.75) is 26.2 Å². The van der Waals surface area contributed by atoms with E-state index in [0.717, 1.165) is 36.7 Å². The summed E-state index contributed by atoms with van der Waals surface area (Å²) in [5, 5.41) is 11.9. The van der Waals surface area contributed by atoms with Gasteiger partial charge in [-0.15, -0.1) is 11.3 Å². The highest BCUT2D eigenvalue weighted by molar-refractivity contribution is 7.17. The fraction of sp³-hybridized carbons (Fsp3) is 0.600. The minimum absolute atomic E-state index is 0.114. The van der Waals surface area contributed by atoms with Crippen molar-refractivity contribution >= 4 is 27.4 Å². The van der Waals surface area contributed by atoms with Crippen LogP contribution in [-0.4, -0.2) is 34.8 Å². The summed E-state index contributed by atoms with van der Waals surface area (Å²) in [6, 6.07) is 2.07. The number of nitrogens with zero attached hydrogens (tertiary/aromatic N) is 3. The largest absolute Gasteiger partial charge is 0.396 e.